The molecule has 0 aliphatic heterocycles. The molecule has 0 N–H and O–H groups in total. The predicted octanol–water partition coefficient (Wildman–Crippen LogP) is 3.00. The molecule has 15 heavy (non-hydrogen) atoms. The van der Waals surface area contributed by atoms with Crippen LogP contribution in [0.15, 0.2) is 35.2 Å². The SMILES string of the molecule is Brc1ccc2c(c1)CCc1ncncc1-2. The topological polar surface area (TPSA) is 25.8 Å². The molecule has 3 heteroatoms. The molecule has 0 atom stereocenters. The number of nitrogens with zero attached hydrogens (tertiary/aromatic N) is 2. The zero-order valence-corrected chi connectivity index (χ0v) is 9.66. The number of rotatable bonds is 0. The molecule has 0 unspecified atom stereocenters. The second-order valence-corrected chi connectivity index (χ2v) is 4.60. The van der Waals surface area contributed by atoms with Crippen molar-refractivity contribution in [2.45, 2.75) is 12.8 Å². The standard InChI is InChI=1S/C12H9BrN2/c13-9-2-3-10-8(5-9)1-4-12-11(10)6-14-7-15-12/h2-3,5-7H,1,4H2. The molecule has 1 aliphatic rings. The van der Waals surface area contributed by atoms with Crippen molar-refractivity contribution in [2.75, 3.05) is 0 Å². The highest BCUT2D eigenvalue weighted by Crippen LogP contribution is 2.33. The van der Waals surface area contributed by atoms with Crippen molar-refractivity contribution in [3.05, 3.63) is 46.5 Å². The van der Waals surface area contributed by atoms with E-state index >= 15 is 0 Å². The number of benzene rings is 1. The van der Waals surface area contributed by atoms with Crippen LogP contribution >= 0.6 is 15.9 Å². The third-order valence-corrected chi connectivity index (χ3v) is 3.28. The first-order valence-electron chi connectivity index (χ1n) is 4.92. The van der Waals surface area contributed by atoms with E-state index in [0.29, 0.717) is 0 Å². The van der Waals surface area contributed by atoms with E-state index in [0.717, 1.165) is 17.3 Å². The second-order valence-electron chi connectivity index (χ2n) is 3.68. The number of halogens is 1. The van der Waals surface area contributed by atoms with Crippen LogP contribution in [-0.2, 0) is 12.8 Å². The van der Waals surface area contributed by atoms with Gasteiger partial charge in [0.15, 0.2) is 0 Å². The van der Waals surface area contributed by atoms with E-state index < -0.39 is 0 Å². The van der Waals surface area contributed by atoms with Gasteiger partial charge in [0, 0.05) is 16.2 Å². The fourth-order valence-corrected chi connectivity index (χ4v) is 2.47. The molecule has 0 fully saturated rings. The van der Waals surface area contributed by atoms with Gasteiger partial charge in [-0.3, -0.25) is 0 Å². The molecule has 3 rings (SSSR count). The summed E-state index contributed by atoms with van der Waals surface area (Å²) in [6, 6.07) is 6.40. The lowest BCUT2D eigenvalue weighted by molar-refractivity contribution is 0.882. The minimum atomic E-state index is 1.02. The smallest absolute Gasteiger partial charge is 0.115 e. The maximum Gasteiger partial charge on any atom is 0.115 e. The average Bonchev–Trinajstić information content (AvgIpc) is 2.28. The Kier molecular flexibility index (Phi) is 2.06. The van der Waals surface area contributed by atoms with Crippen molar-refractivity contribution < 1.29 is 0 Å². The first-order valence-corrected chi connectivity index (χ1v) is 5.71. The van der Waals surface area contributed by atoms with E-state index in [2.05, 4.69) is 44.1 Å². The van der Waals surface area contributed by atoms with Crippen LogP contribution in [0.25, 0.3) is 11.1 Å². The zero-order valence-electron chi connectivity index (χ0n) is 8.07. The molecule has 1 aliphatic carbocycles. The molecular weight excluding hydrogens is 252 g/mol. The van der Waals surface area contributed by atoms with E-state index in [9.17, 15) is 0 Å². The average molecular weight is 261 g/mol. The summed E-state index contributed by atoms with van der Waals surface area (Å²) in [5, 5.41) is 0. The van der Waals surface area contributed by atoms with Gasteiger partial charge in [-0.2, -0.15) is 0 Å². The maximum atomic E-state index is 4.32. The molecule has 1 heterocycles. The highest BCUT2D eigenvalue weighted by molar-refractivity contribution is 9.10. The Bertz CT molecular complexity index is 523. The van der Waals surface area contributed by atoms with Crippen LogP contribution in [-0.4, -0.2) is 9.97 Å². The van der Waals surface area contributed by atoms with E-state index in [1.807, 2.05) is 6.20 Å². The highest BCUT2D eigenvalue weighted by atomic mass is 79.9. The van der Waals surface area contributed by atoms with Crippen LogP contribution in [0.4, 0.5) is 0 Å². The second kappa shape index (κ2) is 3.42. The first-order chi connectivity index (χ1) is 7.34. The monoisotopic (exact) mass is 260 g/mol. The van der Waals surface area contributed by atoms with Crippen LogP contribution in [0, 0.1) is 0 Å². The molecule has 1 aromatic carbocycles. The van der Waals surface area contributed by atoms with Crippen LogP contribution in [0.2, 0.25) is 0 Å². The van der Waals surface area contributed by atoms with Crippen molar-refractivity contribution in [1.82, 2.24) is 9.97 Å². The fraction of sp³-hybridized carbons (Fsp3) is 0.167. The normalized spacial score (nSPS) is 13.1. The van der Waals surface area contributed by atoms with E-state index in [-0.39, 0.29) is 0 Å². The Labute approximate surface area is 96.5 Å². The van der Waals surface area contributed by atoms with Crippen LogP contribution in [0.5, 0.6) is 0 Å². The summed E-state index contributed by atoms with van der Waals surface area (Å²) in [6.07, 6.45) is 5.62. The summed E-state index contributed by atoms with van der Waals surface area (Å²) in [5.74, 6) is 0. The number of fused-ring (bicyclic) bond motifs is 3. The van der Waals surface area contributed by atoms with Crippen LogP contribution < -0.4 is 0 Å². The summed E-state index contributed by atoms with van der Waals surface area (Å²) >= 11 is 3.50. The van der Waals surface area contributed by atoms with Gasteiger partial charge in [0.2, 0.25) is 0 Å². The van der Waals surface area contributed by atoms with Gasteiger partial charge in [0.25, 0.3) is 0 Å². The molecule has 0 amide bonds. The minimum Gasteiger partial charge on any atom is -0.244 e. The molecule has 0 spiro atoms. The summed E-state index contributed by atoms with van der Waals surface area (Å²) < 4.78 is 1.14. The first kappa shape index (κ1) is 9.04. The largest absolute Gasteiger partial charge is 0.244 e. The molecule has 2 aromatic rings. The lowest BCUT2D eigenvalue weighted by Crippen LogP contribution is -2.06. The van der Waals surface area contributed by atoms with E-state index in [4.69, 9.17) is 0 Å². The van der Waals surface area contributed by atoms with Gasteiger partial charge in [-0.05, 0) is 36.1 Å². The maximum absolute atomic E-state index is 4.32. The van der Waals surface area contributed by atoms with E-state index in [1.165, 1.54) is 22.4 Å². The molecule has 0 bridgehead atoms. The van der Waals surface area contributed by atoms with Crippen molar-refractivity contribution in [3.8, 4) is 11.1 Å². The van der Waals surface area contributed by atoms with Gasteiger partial charge < -0.3 is 0 Å². The Morgan fingerprint density at radius 2 is 2.07 bits per heavy atom. The van der Waals surface area contributed by atoms with Crippen molar-refractivity contribution in [2.24, 2.45) is 0 Å². The van der Waals surface area contributed by atoms with Crippen LogP contribution in [0.1, 0.15) is 11.3 Å². The Balaban J connectivity index is 2.26. The number of aromatic nitrogens is 2. The molecule has 1 aromatic heterocycles. The Hall–Kier alpha value is -1.22. The summed E-state index contributed by atoms with van der Waals surface area (Å²) in [5.41, 5.74) is 5.01. The van der Waals surface area contributed by atoms with Gasteiger partial charge in [-0.15, -0.1) is 0 Å². The number of hydrogen-bond acceptors (Lipinski definition) is 2. The zero-order chi connectivity index (χ0) is 10.3. The van der Waals surface area contributed by atoms with Gasteiger partial charge in [-0.25, -0.2) is 9.97 Å². The summed E-state index contributed by atoms with van der Waals surface area (Å²) in [4.78, 5) is 8.41. The molecule has 0 radical (unpaired) electrons. The number of aryl methyl sites for hydroxylation is 2. The third kappa shape index (κ3) is 1.47. The van der Waals surface area contributed by atoms with Crippen molar-refractivity contribution in [3.63, 3.8) is 0 Å². The van der Waals surface area contributed by atoms with Crippen molar-refractivity contribution in [1.29, 1.82) is 0 Å². The van der Waals surface area contributed by atoms with Gasteiger partial charge in [-0.1, -0.05) is 22.0 Å². The lowest BCUT2D eigenvalue weighted by atomic mass is 9.90. The summed E-state index contributed by atoms with van der Waals surface area (Å²) in [6.45, 7) is 0. The van der Waals surface area contributed by atoms with Gasteiger partial charge in [0.1, 0.15) is 6.33 Å². The molecule has 0 saturated carbocycles. The molecule has 2 nitrogen and oxygen atoms in total. The highest BCUT2D eigenvalue weighted by Gasteiger charge is 2.16. The van der Waals surface area contributed by atoms with Crippen molar-refractivity contribution >= 4 is 15.9 Å². The predicted molar refractivity (Wildman–Crippen MR) is 62.6 cm³/mol. The molecule has 0 saturated heterocycles. The van der Waals surface area contributed by atoms with E-state index in [1.54, 1.807) is 6.33 Å². The number of hydrogen-bond donors (Lipinski definition) is 0. The van der Waals surface area contributed by atoms with Crippen LogP contribution in [0.3, 0.4) is 0 Å². The quantitative estimate of drug-likeness (QED) is 0.728. The third-order valence-electron chi connectivity index (χ3n) is 2.78. The Morgan fingerprint density at radius 1 is 1.13 bits per heavy atom. The Morgan fingerprint density at radius 3 is 3.00 bits per heavy atom. The fourth-order valence-electron chi connectivity index (χ4n) is 2.06. The van der Waals surface area contributed by atoms with Gasteiger partial charge in [0.05, 0.1) is 5.69 Å². The molecular formula is C12H9BrN2. The lowest BCUT2D eigenvalue weighted by Gasteiger charge is -2.18. The van der Waals surface area contributed by atoms with Gasteiger partial charge >= 0.3 is 0 Å². The summed E-state index contributed by atoms with van der Waals surface area (Å²) in [7, 11) is 0. The minimum absolute atomic E-state index is 1.02. The molecule has 74 valence electrons.